The Kier molecular flexibility index (Phi) is 1.04. The van der Waals surface area contributed by atoms with E-state index >= 15 is 0 Å². The van der Waals surface area contributed by atoms with Crippen molar-refractivity contribution in [1.82, 2.24) is 4.90 Å². The van der Waals surface area contributed by atoms with Crippen LogP contribution >= 0.6 is 0 Å². The van der Waals surface area contributed by atoms with Gasteiger partial charge in [-0.25, -0.2) is 0 Å². The third-order valence-corrected chi connectivity index (χ3v) is 4.69. The highest BCUT2D eigenvalue weighted by atomic mass is 15.5. The van der Waals surface area contributed by atoms with E-state index in [1.165, 1.54) is 32.1 Å². The quantitative estimate of drug-likeness (QED) is 0.425. The summed E-state index contributed by atoms with van der Waals surface area (Å²) in [6, 6.07) is 0. The van der Waals surface area contributed by atoms with Crippen LogP contribution < -0.4 is 0 Å². The smallest absolute Gasteiger partial charge is 0.131 e. The topological polar surface area (TPSA) is 15.4 Å². The van der Waals surface area contributed by atoms with Crippen molar-refractivity contribution in [3.05, 3.63) is 0 Å². The van der Waals surface area contributed by atoms with Crippen molar-refractivity contribution in [2.75, 3.05) is 7.05 Å². The number of nitrogens with zero attached hydrogens (tertiary/aromatic N) is 2. The van der Waals surface area contributed by atoms with Gasteiger partial charge in [0.25, 0.3) is 0 Å². The molecule has 0 aromatic heterocycles. The highest BCUT2D eigenvalue weighted by Crippen LogP contribution is 2.70. The molecule has 2 heteroatoms. The maximum absolute atomic E-state index is 4.38. The normalized spacial score (nSPS) is 61.1. The predicted molar refractivity (Wildman–Crippen MR) is 49.3 cm³/mol. The summed E-state index contributed by atoms with van der Waals surface area (Å²) in [6.45, 7) is 3.77. The van der Waals surface area contributed by atoms with Gasteiger partial charge in [0.05, 0.1) is 5.54 Å². The first-order valence-electron chi connectivity index (χ1n) is 5.00. The SMILES string of the molecule is C=NC12CCCC3CCC31N2C. The molecule has 4 atom stereocenters. The van der Waals surface area contributed by atoms with E-state index in [0.717, 1.165) is 5.92 Å². The number of likely N-dealkylation sites (tertiary alicyclic amines) is 1. The molecule has 4 unspecified atom stereocenters. The molecule has 0 aromatic rings. The zero-order valence-corrected chi connectivity index (χ0v) is 7.71. The average molecular weight is 164 g/mol. The summed E-state index contributed by atoms with van der Waals surface area (Å²) in [7, 11) is 2.23. The van der Waals surface area contributed by atoms with E-state index in [0.29, 0.717) is 5.54 Å². The van der Waals surface area contributed by atoms with Gasteiger partial charge < -0.3 is 0 Å². The fourth-order valence-corrected chi connectivity index (χ4v) is 3.90. The van der Waals surface area contributed by atoms with Crippen molar-refractivity contribution >= 4 is 6.72 Å². The maximum atomic E-state index is 4.38. The molecular weight excluding hydrogens is 148 g/mol. The minimum absolute atomic E-state index is 0.189. The van der Waals surface area contributed by atoms with Crippen LogP contribution in [0.1, 0.15) is 32.1 Å². The third kappa shape index (κ3) is 0.434. The summed E-state index contributed by atoms with van der Waals surface area (Å²) in [5.41, 5.74) is 0.682. The van der Waals surface area contributed by atoms with Gasteiger partial charge in [0.15, 0.2) is 0 Å². The molecule has 2 nitrogen and oxygen atoms in total. The Morgan fingerprint density at radius 3 is 2.75 bits per heavy atom. The van der Waals surface area contributed by atoms with Crippen molar-refractivity contribution in [1.29, 1.82) is 0 Å². The highest BCUT2D eigenvalue weighted by Gasteiger charge is 2.79. The molecule has 0 radical (unpaired) electrons. The van der Waals surface area contributed by atoms with E-state index < -0.39 is 0 Å². The van der Waals surface area contributed by atoms with Gasteiger partial charge in [0, 0.05) is 0 Å². The Labute approximate surface area is 73.7 Å². The predicted octanol–water partition coefficient (Wildman–Crippen LogP) is 1.66. The van der Waals surface area contributed by atoms with Gasteiger partial charge in [0.2, 0.25) is 0 Å². The van der Waals surface area contributed by atoms with Crippen LogP contribution in [0.3, 0.4) is 0 Å². The lowest BCUT2D eigenvalue weighted by molar-refractivity contribution is 0.132. The molecule has 0 aromatic carbocycles. The highest BCUT2D eigenvalue weighted by molar-refractivity contribution is 5.40. The molecule has 1 saturated heterocycles. The van der Waals surface area contributed by atoms with Crippen LogP contribution in [0.25, 0.3) is 0 Å². The summed E-state index contributed by atoms with van der Waals surface area (Å²) in [5.74, 6) is 0.946. The molecule has 0 bridgehead atoms. The molecule has 1 heterocycles. The van der Waals surface area contributed by atoms with Crippen LogP contribution in [0, 0.1) is 5.92 Å². The third-order valence-electron chi connectivity index (χ3n) is 4.69. The zero-order valence-electron chi connectivity index (χ0n) is 7.71. The number of hydrogen-bond donors (Lipinski definition) is 0. The molecule has 3 rings (SSSR count). The van der Waals surface area contributed by atoms with E-state index in [1.54, 1.807) is 0 Å². The number of aliphatic imine (C=N–C) groups is 1. The molecule has 3 aliphatic rings. The van der Waals surface area contributed by atoms with Gasteiger partial charge in [-0.05, 0) is 51.8 Å². The van der Waals surface area contributed by atoms with Crippen molar-refractivity contribution < 1.29 is 0 Å². The molecule has 66 valence electrons. The molecule has 3 fully saturated rings. The van der Waals surface area contributed by atoms with Gasteiger partial charge >= 0.3 is 0 Å². The summed E-state index contributed by atoms with van der Waals surface area (Å²) in [6.07, 6.45) is 6.84. The van der Waals surface area contributed by atoms with Crippen LogP contribution in [0.2, 0.25) is 0 Å². The van der Waals surface area contributed by atoms with Crippen LogP contribution in [-0.4, -0.2) is 29.9 Å². The van der Waals surface area contributed by atoms with Crippen molar-refractivity contribution in [2.24, 2.45) is 10.9 Å². The van der Waals surface area contributed by atoms with E-state index in [-0.39, 0.29) is 5.66 Å². The molecule has 12 heavy (non-hydrogen) atoms. The minimum atomic E-state index is 0.189. The second kappa shape index (κ2) is 1.77. The molecule has 1 aliphatic heterocycles. The number of rotatable bonds is 1. The number of likely N-dealkylation sites (N-methyl/N-ethyl adjacent to an activating group) is 1. The summed E-state index contributed by atoms with van der Waals surface area (Å²) < 4.78 is 0. The average Bonchev–Trinajstić information content (AvgIpc) is 2.61. The van der Waals surface area contributed by atoms with Crippen LogP contribution in [0.15, 0.2) is 4.99 Å². The lowest BCUT2D eigenvalue weighted by Gasteiger charge is -2.42. The molecule has 0 N–H and O–H groups in total. The van der Waals surface area contributed by atoms with E-state index in [1.807, 2.05) is 0 Å². The first-order valence-corrected chi connectivity index (χ1v) is 5.00. The van der Waals surface area contributed by atoms with Gasteiger partial charge in [-0.2, -0.15) is 0 Å². The van der Waals surface area contributed by atoms with Gasteiger partial charge in [-0.15, -0.1) is 0 Å². The first-order chi connectivity index (χ1) is 5.78. The van der Waals surface area contributed by atoms with E-state index in [9.17, 15) is 0 Å². The Morgan fingerprint density at radius 2 is 2.25 bits per heavy atom. The Morgan fingerprint density at radius 1 is 1.42 bits per heavy atom. The van der Waals surface area contributed by atoms with Crippen LogP contribution in [0.5, 0.6) is 0 Å². The van der Waals surface area contributed by atoms with Crippen molar-refractivity contribution in [2.45, 2.75) is 43.3 Å². The molecule has 2 aliphatic carbocycles. The lowest BCUT2D eigenvalue weighted by Crippen LogP contribution is -2.45. The zero-order chi connectivity index (χ0) is 8.40. The van der Waals surface area contributed by atoms with Crippen molar-refractivity contribution in [3.63, 3.8) is 0 Å². The number of hydrogen-bond acceptors (Lipinski definition) is 2. The largest absolute Gasteiger partial charge is 0.277 e. The molecular formula is C10H16N2. The second-order valence-corrected chi connectivity index (χ2v) is 4.59. The molecule has 0 amide bonds. The Balaban J connectivity index is 2.01. The fraction of sp³-hybridized carbons (Fsp3) is 0.900. The summed E-state index contributed by atoms with van der Waals surface area (Å²) >= 11 is 0. The fourth-order valence-electron chi connectivity index (χ4n) is 3.90. The Hall–Kier alpha value is -0.370. The Bertz CT molecular complexity index is 250. The van der Waals surface area contributed by atoms with Gasteiger partial charge in [0.1, 0.15) is 5.66 Å². The molecule has 2 saturated carbocycles. The van der Waals surface area contributed by atoms with Crippen LogP contribution in [-0.2, 0) is 0 Å². The lowest BCUT2D eigenvalue weighted by atomic mass is 9.63. The minimum Gasteiger partial charge on any atom is -0.277 e. The van der Waals surface area contributed by atoms with Gasteiger partial charge in [-0.3, -0.25) is 9.89 Å². The summed E-state index contributed by atoms with van der Waals surface area (Å²) in [5, 5.41) is 0. The standard InChI is InChI=1S/C10H16N2/c1-11-10-6-3-4-8-5-7-9(8,10)12(10)2/h8H,1,3-7H2,2H3. The second-order valence-electron chi connectivity index (χ2n) is 4.59. The maximum Gasteiger partial charge on any atom is 0.131 e. The van der Waals surface area contributed by atoms with E-state index in [4.69, 9.17) is 0 Å². The molecule has 1 spiro atoms. The van der Waals surface area contributed by atoms with E-state index in [2.05, 4.69) is 23.7 Å². The monoisotopic (exact) mass is 164 g/mol. The summed E-state index contributed by atoms with van der Waals surface area (Å²) in [4.78, 5) is 6.86. The first kappa shape index (κ1) is 7.07. The van der Waals surface area contributed by atoms with Crippen molar-refractivity contribution in [3.8, 4) is 0 Å². The van der Waals surface area contributed by atoms with Crippen LogP contribution in [0.4, 0.5) is 0 Å². The van der Waals surface area contributed by atoms with Gasteiger partial charge in [-0.1, -0.05) is 0 Å².